The highest BCUT2D eigenvalue weighted by atomic mass is 79.9. The van der Waals surface area contributed by atoms with E-state index in [-0.39, 0.29) is 11.9 Å². The third kappa shape index (κ3) is 4.69. The smallest absolute Gasteiger partial charge is 0.261 e. The van der Waals surface area contributed by atoms with Gasteiger partial charge in [-0.25, -0.2) is 0 Å². The minimum atomic E-state index is -0.0445. The highest BCUT2D eigenvalue weighted by molar-refractivity contribution is 9.13. The number of hydrogen-bond donors (Lipinski definition) is 1. The van der Waals surface area contributed by atoms with E-state index in [0.717, 1.165) is 21.1 Å². The van der Waals surface area contributed by atoms with Gasteiger partial charge in [0.25, 0.3) is 5.91 Å². The fourth-order valence-electron chi connectivity index (χ4n) is 1.46. The van der Waals surface area contributed by atoms with Crippen LogP contribution >= 0.6 is 43.2 Å². The minimum Gasteiger partial charge on any atom is -0.383 e. The predicted octanol–water partition coefficient (Wildman–Crippen LogP) is 3.82. The van der Waals surface area contributed by atoms with Crippen molar-refractivity contribution in [3.8, 4) is 0 Å². The molecule has 0 aromatic carbocycles. The Balaban J connectivity index is 2.63. The van der Waals surface area contributed by atoms with Crippen LogP contribution in [0.1, 0.15) is 29.4 Å². The molecule has 0 saturated carbocycles. The molecule has 0 fully saturated rings. The Hall–Kier alpha value is 0.0900. The minimum absolute atomic E-state index is 0.0445. The van der Waals surface area contributed by atoms with Crippen LogP contribution in [0.4, 0.5) is 0 Å². The van der Waals surface area contributed by atoms with Gasteiger partial charge in [0.15, 0.2) is 0 Å². The van der Waals surface area contributed by atoms with Gasteiger partial charge < -0.3 is 10.1 Å². The number of methoxy groups -OCH3 is 1. The second-order valence-electron chi connectivity index (χ2n) is 3.65. The summed E-state index contributed by atoms with van der Waals surface area (Å²) in [4.78, 5) is 12.7. The Morgan fingerprint density at radius 3 is 2.76 bits per heavy atom. The number of carbonyl (C=O) groups is 1. The molecule has 3 nitrogen and oxygen atoms in total. The molecule has 17 heavy (non-hydrogen) atoms. The van der Waals surface area contributed by atoms with Gasteiger partial charge >= 0.3 is 0 Å². The Kier molecular flexibility index (Phi) is 6.69. The van der Waals surface area contributed by atoms with Crippen LogP contribution in [0.25, 0.3) is 0 Å². The Labute approximate surface area is 122 Å². The topological polar surface area (TPSA) is 38.3 Å². The monoisotopic (exact) mass is 383 g/mol. The van der Waals surface area contributed by atoms with Crippen molar-refractivity contribution in [3.63, 3.8) is 0 Å². The molecule has 1 N–H and O–H groups in total. The van der Waals surface area contributed by atoms with Crippen molar-refractivity contribution in [2.75, 3.05) is 13.7 Å². The summed E-state index contributed by atoms with van der Waals surface area (Å²) in [6, 6.07) is 1.90. The van der Waals surface area contributed by atoms with Gasteiger partial charge in [0.2, 0.25) is 0 Å². The van der Waals surface area contributed by atoms with Crippen molar-refractivity contribution in [2.45, 2.75) is 25.8 Å². The second-order valence-corrected chi connectivity index (χ2v) is 6.87. The zero-order valence-corrected chi connectivity index (χ0v) is 13.7. The van der Waals surface area contributed by atoms with Gasteiger partial charge in [-0.2, -0.15) is 0 Å². The molecular formula is C11H15Br2NO2S. The fourth-order valence-corrected chi connectivity index (χ4v) is 3.40. The van der Waals surface area contributed by atoms with Crippen molar-refractivity contribution in [2.24, 2.45) is 0 Å². The van der Waals surface area contributed by atoms with Crippen LogP contribution < -0.4 is 5.32 Å². The first kappa shape index (κ1) is 15.1. The maximum atomic E-state index is 12.0. The number of halogens is 2. The molecule has 0 saturated heterocycles. The molecule has 1 atom stereocenters. The molecular weight excluding hydrogens is 370 g/mol. The van der Waals surface area contributed by atoms with Gasteiger partial charge in [-0.1, -0.05) is 13.3 Å². The molecule has 1 unspecified atom stereocenters. The van der Waals surface area contributed by atoms with Crippen LogP contribution in [0, 0.1) is 0 Å². The molecule has 0 bridgehead atoms. The maximum Gasteiger partial charge on any atom is 0.261 e. The number of nitrogens with one attached hydrogen (secondary N) is 1. The van der Waals surface area contributed by atoms with Gasteiger partial charge in [0.1, 0.15) is 0 Å². The number of amides is 1. The molecule has 0 spiro atoms. The molecule has 1 aromatic rings. The van der Waals surface area contributed by atoms with E-state index < -0.39 is 0 Å². The molecule has 0 aliphatic rings. The van der Waals surface area contributed by atoms with E-state index in [1.54, 1.807) is 7.11 Å². The third-order valence-corrected chi connectivity index (χ3v) is 5.46. The van der Waals surface area contributed by atoms with E-state index in [1.807, 2.05) is 6.07 Å². The summed E-state index contributed by atoms with van der Waals surface area (Å²) in [6.45, 7) is 2.64. The summed E-state index contributed by atoms with van der Waals surface area (Å²) in [5.41, 5.74) is 0. The average Bonchev–Trinajstić information content (AvgIpc) is 2.60. The summed E-state index contributed by atoms with van der Waals surface area (Å²) in [7, 11) is 1.65. The molecule has 0 radical (unpaired) electrons. The number of thiophene rings is 1. The Morgan fingerprint density at radius 2 is 2.29 bits per heavy atom. The largest absolute Gasteiger partial charge is 0.383 e. The van der Waals surface area contributed by atoms with Crippen molar-refractivity contribution < 1.29 is 9.53 Å². The number of ether oxygens (including phenoxy) is 1. The van der Waals surface area contributed by atoms with E-state index in [2.05, 4.69) is 44.1 Å². The molecule has 6 heteroatoms. The van der Waals surface area contributed by atoms with Crippen LogP contribution in [0.5, 0.6) is 0 Å². The van der Waals surface area contributed by atoms with Crippen LogP contribution in [-0.2, 0) is 4.74 Å². The quantitative estimate of drug-likeness (QED) is 0.809. The van der Waals surface area contributed by atoms with E-state index in [4.69, 9.17) is 4.74 Å². The summed E-state index contributed by atoms with van der Waals surface area (Å²) in [5, 5.41) is 2.98. The molecule has 1 rings (SSSR count). The number of hydrogen-bond acceptors (Lipinski definition) is 3. The average molecular weight is 385 g/mol. The van der Waals surface area contributed by atoms with Crippen molar-refractivity contribution >= 4 is 49.1 Å². The summed E-state index contributed by atoms with van der Waals surface area (Å²) >= 11 is 8.17. The van der Waals surface area contributed by atoms with E-state index in [1.165, 1.54) is 11.3 Å². The second kappa shape index (κ2) is 7.51. The lowest BCUT2D eigenvalue weighted by molar-refractivity contribution is 0.0895. The molecule has 0 aliphatic carbocycles. The summed E-state index contributed by atoms with van der Waals surface area (Å²) in [6.07, 6.45) is 1.94. The summed E-state index contributed by atoms with van der Waals surface area (Å²) < 4.78 is 6.93. The highest BCUT2D eigenvalue weighted by Gasteiger charge is 2.16. The highest BCUT2D eigenvalue weighted by Crippen LogP contribution is 2.32. The van der Waals surface area contributed by atoms with Crippen LogP contribution in [0.3, 0.4) is 0 Å². The molecule has 96 valence electrons. The van der Waals surface area contributed by atoms with E-state index >= 15 is 0 Å². The van der Waals surface area contributed by atoms with E-state index in [9.17, 15) is 4.79 Å². The molecule has 1 amide bonds. The van der Waals surface area contributed by atoms with Crippen LogP contribution in [-0.4, -0.2) is 25.7 Å². The Bertz CT molecular complexity index is 356. The number of carbonyl (C=O) groups excluding carboxylic acids is 1. The lowest BCUT2D eigenvalue weighted by Crippen LogP contribution is -2.37. The van der Waals surface area contributed by atoms with Gasteiger partial charge in [-0.15, -0.1) is 11.3 Å². The lowest BCUT2D eigenvalue weighted by atomic mass is 10.2. The SMILES string of the molecule is CCCC(COC)NC(=O)c1cc(Br)c(Br)s1. The van der Waals surface area contributed by atoms with Gasteiger partial charge in [0, 0.05) is 11.6 Å². The first-order valence-electron chi connectivity index (χ1n) is 5.33. The number of rotatable bonds is 6. The standard InChI is InChI=1S/C11H15Br2NO2S/c1-3-4-7(6-16-2)14-11(15)9-5-8(12)10(13)17-9/h5,7H,3-4,6H2,1-2H3,(H,14,15). The normalized spacial score (nSPS) is 12.5. The third-order valence-electron chi connectivity index (χ3n) is 2.21. The van der Waals surface area contributed by atoms with Crippen LogP contribution in [0.15, 0.2) is 14.3 Å². The van der Waals surface area contributed by atoms with Gasteiger partial charge in [-0.05, 0) is 44.3 Å². The van der Waals surface area contributed by atoms with Crippen LogP contribution in [0.2, 0.25) is 0 Å². The fraction of sp³-hybridized carbons (Fsp3) is 0.545. The van der Waals surface area contributed by atoms with Gasteiger partial charge in [-0.3, -0.25) is 4.79 Å². The molecule has 1 aromatic heterocycles. The maximum absolute atomic E-state index is 12.0. The predicted molar refractivity (Wildman–Crippen MR) is 77.8 cm³/mol. The van der Waals surface area contributed by atoms with Crippen molar-refractivity contribution in [1.82, 2.24) is 5.32 Å². The lowest BCUT2D eigenvalue weighted by Gasteiger charge is -2.16. The molecule has 0 aliphatic heterocycles. The molecule has 1 heterocycles. The zero-order chi connectivity index (χ0) is 12.8. The summed E-state index contributed by atoms with van der Waals surface area (Å²) in [5.74, 6) is -0.0445. The van der Waals surface area contributed by atoms with Crippen molar-refractivity contribution in [1.29, 1.82) is 0 Å². The van der Waals surface area contributed by atoms with Crippen molar-refractivity contribution in [3.05, 3.63) is 19.2 Å². The Morgan fingerprint density at radius 1 is 1.59 bits per heavy atom. The zero-order valence-electron chi connectivity index (χ0n) is 9.76. The first-order valence-corrected chi connectivity index (χ1v) is 7.73. The first-order chi connectivity index (χ1) is 8.08. The van der Waals surface area contributed by atoms with Gasteiger partial charge in [0.05, 0.1) is 21.3 Å². The van der Waals surface area contributed by atoms with E-state index in [0.29, 0.717) is 11.5 Å².